The zero-order valence-corrected chi connectivity index (χ0v) is 18.2. The molecule has 0 bridgehead atoms. The first kappa shape index (κ1) is 22.7. The molecule has 3 atom stereocenters. The quantitative estimate of drug-likeness (QED) is 0.790. The van der Waals surface area contributed by atoms with Crippen LogP contribution in [-0.2, 0) is 4.79 Å². The second-order valence-electron chi connectivity index (χ2n) is 8.11. The van der Waals surface area contributed by atoms with Gasteiger partial charge in [0.15, 0.2) is 0 Å². The Morgan fingerprint density at radius 2 is 2.13 bits per heavy atom. The van der Waals surface area contributed by atoms with Gasteiger partial charge in [0.2, 0.25) is 11.8 Å². The van der Waals surface area contributed by atoms with Gasteiger partial charge in [-0.05, 0) is 30.7 Å². The molecule has 0 spiro atoms. The number of ether oxygens (including phenoxy) is 1. The molecule has 1 aliphatic heterocycles. The second kappa shape index (κ2) is 9.43. The van der Waals surface area contributed by atoms with E-state index in [2.05, 4.69) is 4.98 Å². The minimum absolute atomic E-state index is 0.0934. The van der Waals surface area contributed by atoms with E-state index in [0.29, 0.717) is 24.2 Å². The maximum absolute atomic E-state index is 13.7. The highest BCUT2D eigenvalue weighted by molar-refractivity contribution is 5.98. The topological polar surface area (TPSA) is 83.0 Å². The summed E-state index contributed by atoms with van der Waals surface area (Å²) in [5.41, 5.74) is 1.41. The summed E-state index contributed by atoms with van der Waals surface area (Å²) in [6.45, 7) is 5.68. The molecule has 166 valence electrons. The van der Waals surface area contributed by atoms with Crippen LogP contribution in [0.2, 0.25) is 0 Å². The van der Waals surface area contributed by atoms with Crippen molar-refractivity contribution in [3.63, 3.8) is 0 Å². The molecule has 0 unspecified atom stereocenters. The molecule has 0 saturated carbocycles. The number of amides is 2. The van der Waals surface area contributed by atoms with Gasteiger partial charge < -0.3 is 19.6 Å². The fraction of sp³-hybridized carbons (Fsp3) is 0.435. The number of benzene rings is 1. The number of aromatic nitrogens is 1. The molecule has 2 amide bonds. The number of hydrogen-bond donors (Lipinski definition) is 1. The lowest BCUT2D eigenvalue weighted by Crippen LogP contribution is -2.50. The van der Waals surface area contributed by atoms with Crippen LogP contribution in [0.15, 0.2) is 36.5 Å². The third-order valence-corrected chi connectivity index (χ3v) is 5.67. The molecule has 1 aromatic heterocycles. The van der Waals surface area contributed by atoms with Crippen LogP contribution in [0.5, 0.6) is 5.88 Å². The van der Waals surface area contributed by atoms with Gasteiger partial charge in [-0.1, -0.05) is 19.1 Å². The number of nitrogens with zero attached hydrogens (tertiary/aromatic N) is 3. The van der Waals surface area contributed by atoms with Crippen molar-refractivity contribution in [1.29, 1.82) is 0 Å². The number of aliphatic hydroxyl groups excluding tert-OH is 1. The van der Waals surface area contributed by atoms with Crippen molar-refractivity contribution in [2.45, 2.75) is 32.9 Å². The van der Waals surface area contributed by atoms with Crippen LogP contribution in [0.1, 0.15) is 31.1 Å². The van der Waals surface area contributed by atoms with Gasteiger partial charge >= 0.3 is 0 Å². The van der Waals surface area contributed by atoms with Crippen LogP contribution >= 0.6 is 0 Å². The van der Waals surface area contributed by atoms with E-state index < -0.39 is 12.1 Å². The summed E-state index contributed by atoms with van der Waals surface area (Å²) in [7, 11) is 1.69. The standard InChI is InChI=1S/C23H28FN3O4/c1-14-11-27(15(2)13-28)23(30)20-9-18(17-6-5-7-19(24)8-17)10-25-22(20)31-21(14)12-26(4)16(3)29/h5-10,14-15,21,28H,11-13H2,1-4H3/t14-,15+,21-/m1/s1. The Morgan fingerprint density at radius 3 is 2.77 bits per heavy atom. The minimum atomic E-state index is -0.412. The summed E-state index contributed by atoms with van der Waals surface area (Å²) >= 11 is 0. The van der Waals surface area contributed by atoms with Gasteiger partial charge in [0, 0.05) is 38.2 Å². The Balaban J connectivity index is 2.06. The number of carbonyl (C=O) groups is 2. The number of likely N-dealkylation sites (N-methyl/N-ethyl adjacent to an activating group) is 1. The van der Waals surface area contributed by atoms with Crippen LogP contribution in [0.4, 0.5) is 4.39 Å². The van der Waals surface area contributed by atoms with Gasteiger partial charge in [-0.3, -0.25) is 9.59 Å². The molecule has 7 nitrogen and oxygen atoms in total. The number of hydrogen-bond acceptors (Lipinski definition) is 5. The molecule has 2 aromatic rings. The summed E-state index contributed by atoms with van der Waals surface area (Å²) in [6.07, 6.45) is 1.14. The lowest BCUT2D eigenvalue weighted by molar-refractivity contribution is -0.129. The van der Waals surface area contributed by atoms with Gasteiger partial charge in [-0.2, -0.15) is 0 Å². The molecular weight excluding hydrogens is 401 g/mol. The molecule has 0 saturated heterocycles. The number of carbonyl (C=O) groups excluding carboxylic acids is 2. The Hall–Kier alpha value is -3.00. The van der Waals surface area contributed by atoms with Gasteiger partial charge in [-0.25, -0.2) is 9.37 Å². The molecule has 3 rings (SSSR count). The molecule has 0 aliphatic carbocycles. The predicted molar refractivity (Wildman–Crippen MR) is 114 cm³/mol. The average molecular weight is 429 g/mol. The zero-order valence-electron chi connectivity index (χ0n) is 18.2. The van der Waals surface area contributed by atoms with Crippen molar-refractivity contribution in [1.82, 2.24) is 14.8 Å². The fourth-order valence-electron chi connectivity index (χ4n) is 3.54. The highest BCUT2D eigenvalue weighted by Gasteiger charge is 2.34. The van der Waals surface area contributed by atoms with Crippen LogP contribution < -0.4 is 4.74 Å². The van der Waals surface area contributed by atoms with E-state index in [1.165, 1.54) is 19.1 Å². The van der Waals surface area contributed by atoms with Gasteiger partial charge in [0.1, 0.15) is 17.5 Å². The largest absolute Gasteiger partial charge is 0.472 e. The van der Waals surface area contributed by atoms with Crippen molar-refractivity contribution >= 4 is 11.8 Å². The van der Waals surface area contributed by atoms with Crippen molar-refractivity contribution < 1.29 is 23.8 Å². The molecule has 8 heteroatoms. The third-order valence-electron chi connectivity index (χ3n) is 5.67. The first-order valence-electron chi connectivity index (χ1n) is 10.3. The molecule has 31 heavy (non-hydrogen) atoms. The zero-order chi connectivity index (χ0) is 22.7. The van der Waals surface area contributed by atoms with E-state index in [1.54, 1.807) is 48.2 Å². The fourth-order valence-corrected chi connectivity index (χ4v) is 3.54. The Labute approximate surface area is 181 Å². The Kier molecular flexibility index (Phi) is 6.90. The first-order valence-corrected chi connectivity index (χ1v) is 10.3. The number of halogens is 1. The van der Waals surface area contributed by atoms with E-state index in [-0.39, 0.29) is 41.6 Å². The molecule has 1 aromatic carbocycles. The van der Waals surface area contributed by atoms with Crippen LogP contribution in [-0.4, -0.2) is 70.6 Å². The van der Waals surface area contributed by atoms with Crippen molar-refractivity contribution in [3.8, 4) is 17.0 Å². The molecule has 0 fully saturated rings. The number of rotatable bonds is 5. The van der Waals surface area contributed by atoms with Gasteiger partial charge in [0.25, 0.3) is 5.91 Å². The van der Waals surface area contributed by atoms with E-state index >= 15 is 0 Å². The summed E-state index contributed by atoms with van der Waals surface area (Å²) < 4.78 is 19.8. The summed E-state index contributed by atoms with van der Waals surface area (Å²) in [5.74, 6) is -0.744. The third kappa shape index (κ3) is 5.02. The number of pyridine rings is 1. The van der Waals surface area contributed by atoms with Crippen LogP contribution in [0.3, 0.4) is 0 Å². The summed E-state index contributed by atoms with van der Waals surface area (Å²) in [4.78, 5) is 32.7. The lowest BCUT2D eigenvalue weighted by Gasteiger charge is -2.37. The van der Waals surface area contributed by atoms with Crippen molar-refractivity contribution in [2.24, 2.45) is 5.92 Å². The van der Waals surface area contributed by atoms with Crippen LogP contribution in [0.25, 0.3) is 11.1 Å². The monoisotopic (exact) mass is 429 g/mol. The van der Waals surface area contributed by atoms with E-state index in [0.717, 1.165) is 0 Å². The molecular formula is C23H28FN3O4. The molecule has 1 aliphatic rings. The molecule has 2 heterocycles. The van der Waals surface area contributed by atoms with E-state index in [9.17, 15) is 19.1 Å². The summed E-state index contributed by atoms with van der Waals surface area (Å²) in [6, 6.07) is 7.28. The van der Waals surface area contributed by atoms with Crippen LogP contribution in [0, 0.1) is 11.7 Å². The predicted octanol–water partition coefficient (Wildman–Crippen LogP) is 2.59. The SMILES string of the molecule is CC(=O)N(C)C[C@H]1Oc2ncc(-c3cccc(F)c3)cc2C(=O)N([C@@H](C)CO)C[C@H]1C. The van der Waals surface area contributed by atoms with Gasteiger partial charge in [0.05, 0.1) is 19.2 Å². The number of fused-ring (bicyclic) bond motifs is 1. The smallest absolute Gasteiger partial charge is 0.259 e. The second-order valence-corrected chi connectivity index (χ2v) is 8.11. The normalized spacial score (nSPS) is 19.7. The Morgan fingerprint density at radius 1 is 1.39 bits per heavy atom. The average Bonchev–Trinajstić information content (AvgIpc) is 2.75. The van der Waals surface area contributed by atoms with E-state index in [1.807, 2.05) is 6.92 Å². The highest BCUT2D eigenvalue weighted by Crippen LogP contribution is 2.30. The molecule has 1 N–H and O–H groups in total. The summed E-state index contributed by atoms with van der Waals surface area (Å²) in [5, 5.41) is 9.71. The number of aliphatic hydroxyl groups is 1. The van der Waals surface area contributed by atoms with Crippen molar-refractivity contribution in [3.05, 3.63) is 47.9 Å². The maximum Gasteiger partial charge on any atom is 0.259 e. The van der Waals surface area contributed by atoms with E-state index in [4.69, 9.17) is 4.74 Å². The first-order chi connectivity index (χ1) is 14.7. The highest BCUT2D eigenvalue weighted by atomic mass is 19.1. The minimum Gasteiger partial charge on any atom is -0.472 e. The lowest BCUT2D eigenvalue weighted by atomic mass is 9.99. The molecule has 0 radical (unpaired) electrons. The van der Waals surface area contributed by atoms with Crippen molar-refractivity contribution in [2.75, 3.05) is 26.7 Å². The van der Waals surface area contributed by atoms with Gasteiger partial charge in [-0.15, -0.1) is 0 Å². The Bertz CT molecular complexity index is 968. The maximum atomic E-state index is 13.7.